The molecule has 1 atom stereocenters. The number of aromatic nitrogens is 2. The van der Waals surface area contributed by atoms with Crippen molar-refractivity contribution in [2.75, 3.05) is 6.61 Å². The van der Waals surface area contributed by atoms with Crippen LogP contribution >= 0.6 is 0 Å². The third kappa shape index (κ3) is 5.28. The van der Waals surface area contributed by atoms with Gasteiger partial charge in [0.1, 0.15) is 18.7 Å². The number of hydrogen-bond donors (Lipinski definition) is 1. The first-order chi connectivity index (χ1) is 14.4. The predicted octanol–water partition coefficient (Wildman–Crippen LogP) is 5.74. The second-order valence-corrected chi connectivity index (χ2v) is 8.26. The third-order valence-corrected chi connectivity index (χ3v) is 4.67. The molecule has 0 aliphatic rings. The van der Waals surface area contributed by atoms with Gasteiger partial charge in [0.2, 0.25) is 0 Å². The van der Waals surface area contributed by atoms with Crippen LogP contribution < -0.4 is 10.5 Å². The van der Waals surface area contributed by atoms with Crippen LogP contribution in [0, 0.1) is 17.6 Å². The molecule has 0 fully saturated rings. The summed E-state index contributed by atoms with van der Waals surface area (Å²) in [6, 6.07) is 5.16. The van der Waals surface area contributed by atoms with Crippen LogP contribution in [0.1, 0.15) is 32.8 Å². The van der Waals surface area contributed by atoms with Crippen molar-refractivity contribution in [1.29, 1.82) is 0 Å². The molecule has 166 valence electrons. The standard InChI is InChI=1S/C22H22F5N3O/c1-12(2)9-21(3,28)10-31-19-5-4-13(6-15(19)22(25,26)27)20-14-7-16(23)17(24)8-18(14)29-11-30-20/h4-8,11-12H,9-10,28H2,1-3H3. The maximum Gasteiger partial charge on any atom is 0.419 e. The molecule has 0 amide bonds. The van der Waals surface area contributed by atoms with Crippen molar-refractivity contribution in [3.63, 3.8) is 0 Å². The Morgan fingerprint density at radius 1 is 1.03 bits per heavy atom. The average Bonchev–Trinajstić information content (AvgIpc) is 2.65. The molecule has 9 heteroatoms. The second-order valence-electron chi connectivity index (χ2n) is 8.26. The van der Waals surface area contributed by atoms with Crippen molar-refractivity contribution < 1.29 is 26.7 Å². The first-order valence-electron chi connectivity index (χ1n) is 9.60. The minimum absolute atomic E-state index is 0.0458. The van der Waals surface area contributed by atoms with Crippen LogP contribution in [-0.2, 0) is 6.18 Å². The van der Waals surface area contributed by atoms with E-state index in [0.29, 0.717) is 6.42 Å². The summed E-state index contributed by atoms with van der Waals surface area (Å²) in [5.74, 6) is -2.37. The van der Waals surface area contributed by atoms with Gasteiger partial charge in [0, 0.05) is 22.6 Å². The van der Waals surface area contributed by atoms with Crippen molar-refractivity contribution in [2.24, 2.45) is 11.7 Å². The molecule has 0 aliphatic heterocycles. The van der Waals surface area contributed by atoms with Gasteiger partial charge in [-0.05, 0) is 43.5 Å². The van der Waals surface area contributed by atoms with E-state index >= 15 is 0 Å². The van der Waals surface area contributed by atoms with E-state index in [9.17, 15) is 22.0 Å². The molecule has 0 saturated heterocycles. The molecule has 31 heavy (non-hydrogen) atoms. The zero-order valence-electron chi connectivity index (χ0n) is 17.2. The van der Waals surface area contributed by atoms with E-state index in [2.05, 4.69) is 9.97 Å². The number of alkyl halides is 3. The van der Waals surface area contributed by atoms with E-state index in [1.54, 1.807) is 6.92 Å². The fourth-order valence-electron chi connectivity index (χ4n) is 3.54. The number of halogens is 5. The summed E-state index contributed by atoms with van der Waals surface area (Å²) in [5.41, 5.74) is 4.51. The number of ether oxygens (including phenoxy) is 1. The van der Waals surface area contributed by atoms with Crippen molar-refractivity contribution in [2.45, 2.75) is 38.9 Å². The van der Waals surface area contributed by atoms with Gasteiger partial charge in [0.05, 0.1) is 16.8 Å². The number of rotatable bonds is 6. The first-order valence-corrected chi connectivity index (χ1v) is 9.60. The summed E-state index contributed by atoms with van der Waals surface area (Å²) in [5, 5.41) is 0.0923. The van der Waals surface area contributed by atoms with E-state index in [0.717, 1.165) is 24.5 Å². The molecular formula is C22H22F5N3O. The molecule has 0 radical (unpaired) electrons. The quantitative estimate of drug-likeness (QED) is 0.498. The lowest BCUT2D eigenvalue weighted by Gasteiger charge is -2.27. The number of nitrogens with zero attached hydrogens (tertiary/aromatic N) is 2. The summed E-state index contributed by atoms with van der Waals surface area (Å²) >= 11 is 0. The van der Waals surface area contributed by atoms with Crippen LogP contribution in [0.25, 0.3) is 22.2 Å². The van der Waals surface area contributed by atoms with E-state index in [-0.39, 0.29) is 40.4 Å². The third-order valence-electron chi connectivity index (χ3n) is 4.67. The highest BCUT2D eigenvalue weighted by molar-refractivity contribution is 5.92. The van der Waals surface area contributed by atoms with E-state index in [4.69, 9.17) is 10.5 Å². The molecule has 2 aromatic carbocycles. The Morgan fingerprint density at radius 2 is 1.71 bits per heavy atom. The van der Waals surface area contributed by atoms with Gasteiger partial charge < -0.3 is 10.5 Å². The zero-order valence-corrected chi connectivity index (χ0v) is 17.2. The Balaban J connectivity index is 2.03. The van der Waals surface area contributed by atoms with Crippen molar-refractivity contribution in [3.8, 4) is 17.0 Å². The lowest BCUT2D eigenvalue weighted by Crippen LogP contribution is -2.43. The lowest BCUT2D eigenvalue weighted by atomic mass is 9.93. The van der Waals surface area contributed by atoms with E-state index in [1.165, 1.54) is 12.1 Å². The van der Waals surface area contributed by atoms with Gasteiger partial charge in [0.25, 0.3) is 0 Å². The normalized spacial score (nSPS) is 14.1. The molecule has 2 N–H and O–H groups in total. The highest BCUT2D eigenvalue weighted by Crippen LogP contribution is 2.40. The van der Waals surface area contributed by atoms with Gasteiger partial charge in [-0.2, -0.15) is 13.2 Å². The van der Waals surface area contributed by atoms with Crippen LogP contribution in [0.4, 0.5) is 22.0 Å². The number of benzene rings is 2. The van der Waals surface area contributed by atoms with Gasteiger partial charge in [-0.3, -0.25) is 0 Å². The van der Waals surface area contributed by atoms with E-state index in [1.807, 2.05) is 13.8 Å². The zero-order chi connectivity index (χ0) is 23.0. The van der Waals surface area contributed by atoms with Crippen LogP contribution in [0.2, 0.25) is 0 Å². The average molecular weight is 439 g/mol. The molecule has 1 aromatic heterocycles. The summed E-state index contributed by atoms with van der Waals surface area (Å²) in [7, 11) is 0. The topological polar surface area (TPSA) is 61.0 Å². The smallest absolute Gasteiger partial charge is 0.419 e. The molecule has 3 aromatic rings. The van der Waals surface area contributed by atoms with Gasteiger partial charge >= 0.3 is 6.18 Å². The van der Waals surface area contributed by atoms with Gasteiger partial charge in [0.15, 0.2) is 11.6 Å². The van der Waals surface area contributed by atoms with Crippen molar-refractivity contribution in [1.82, 2.24) is 9.97 Å². The molecule has 1 heterocycles. The van der Waals surface area contributed by atoms with Crippen LogP contribution in [-0.4, -0.2) is 22.1 Å². The molecule has 0 spiro atoms. The second kappa shape index (κ2) is 8.37. The van der Waals surface area contributed by atoms with Gasteiger partial charge in [-0.15, -0.1) is 0 Å². The highest BCUT2D eigenvalue weighted by atomic mass is 19.4. The Morgan fingerprint density at radius 3 is 2.35 bits per heavy atom. The van der Waals surface area contributed by atoms with Gasteiger partial charge in [-0.1, -0.05) is 13.8 Å². The minimum Gasteiger partial charge on any atom is -0.491 e. The Labute approximate surface area is 176 Å². The summed E-state index contributed by atoms with van der Waals surface area (Å²) in [4.78, 5) is 7.85. The SMILES string of the molecule is CC(C)CC(C)(N)COc1ccc(-c2ncnc3cc(F)c(F)cc23)cc1C(F)(F)F. The van der Waals surface area contributed by atoms with Crippen LogP contribution in [0.5, 0.6) is 5.75 Å². The molecule has 1 unspecified atom stereocenters. The van der Waals surface area contributed by atoms with Crippen molar-refractivity contribution in [3.05, 3.63) is 53.9 Å². The first kappa shape index (κ1) is 22.9. The molecule has 0 aliphatic carbocycles. The summed E-state index contributed by atoms with van der Waals surface area (Å²) in [6.07, 6.45) is -3.06. The molecular weight excluding hydrogens is 417 g/mol. The fourth-order valence-corrected chi connectivity index (χ4v) is 3.54. The molecule has 4 nitrogen and oxygen atoms in total. The largest absolute Gasteiger partial charge is 0.491 e. The summed E-state index contributed by atoms with van der Waals surface area (Å²) < 4.78 is 74.0. The lowest BCUT2D eigenvalue weighted by molar-refractivity contribution is -0.139. The Hall–Kier alpha value is -2.81. The number of hydrogen-bond acceptors (Lipinski definition) is 4. The maximum atomic E-state index is 13.8. The van der Waals surface area contributed by atoms with Crippen LogP contribution in [0.15, 0.2) is 36.7 Å². The monoisotopic (exact) mass is 439 g/mol. The molecule has 3 rings (SSSR count). The van der Waals surface area contributed by atoms with E-state index < -0.39 is 28.9 Å². The number of nitrogens with two attached hydrogens (primary N) is 1. The maximum absolute atomic E-state index is 13.8. The Kier molecular flexibility index (Phi) is 6.18. The molecule has 0 saturated carbocycles. The van der Waals surface area contributed by atoms with Crippen LogP contribution in [0.3, 0.4) is 0 Å². The highest BCUT2D eigenvalue weighted by Gasteiger charge is 2.35. The predicted molar refractivity (Wildman–Crippen MR) is 107 cm³/mol. The Bertz CT molecular complexity index is 1100. The number of fused-ring (bicyclic) bond motifs is 1. The van der Waals surface area contributed by atoms with Crippen molar-refractivity contribution >= 4 is 10.9 Å². The molecule has 0 bridgehead atoms. The minimum atomic E-state index is -4.71. The fraction of sp³-hybridized carbons (Fsp3) is 0.364. The van der Waals surface area contributed by atoms with Gasteiger partial charge in [-0.25, -0.2) is 18.7 Å². The summed E-state index contributed by atoms with van der Waals surface area (Å²) in [6.45, 7) is 5.54.